The molecular weight excluding hydrogens is 316 g/mol. The molecule has 0 radical (unpaired) electrons. The quantitative estimate of drug-likeness (QED) is 0.876. The Bertz CT molecular complexity index is 773. The highest BCUT2D eigenvalue weighted by molar-refractivity contribution is 5.97. The lowest BCUT2D eigenvalue weighted by Gasteiger charge is -2.16. The van der Waals surface area contributed by atoms with Gasteiger partial charge in [-0.15, -0.1) is 0 Å². The van der Waals surface area contributed by atoms with E-state index in [0.29, 0.717) is 18.7 Å². The maximum absolute atomic E-state index is 12.1. The number of ether oxygens (including phenoxy) is 1. The summed E-state index contributed by atoms with van der Waals surface area (Å²) in [6.45, 7) is 3.05. The lowest BCUT2D eigenvalue weighted by atomic mass is 10.2. The zero-order chi connectivity index (χ0) is 17.6. The van der Waals surface area contributed by atoms with E-state index < -0.39 is 0 Å². The molecule has 2 aromatic rings. The van der Waals surface area contributed by atoms with E-state index in [0.717, 1.165) is 30.0 Å². The van der Waals surface area contributed by atoms with Crippen LogP contribution in [0.5, 0.6) is 5.75 Å². The minimum Gasteiger partial charge on any atom is -0.493 e. The standard InChI is InChI=1S/C20H22N2O3/c1-15-5-2-8-18(13-15)25-12-10-19(23)21-16-6-3-7-17(14-16)22-11-4-9-20(22)24/h2-3,5-8,13-14H,4,9-12H2,1H3,(H,21,23). The lowest BCUT2D eigenvalue weighted by Crippen LogP contribution is -2.23. The first-order chi connectivity index (χ1) is 12.1. The third-order valence-corrected chi connectivity index (χ3v) is 4.10. The number of hydrogen-bond donors (Lipinski definition) is 1. The molecule has 2 aromatic carbocycles. The van der Waals surface area contributed by atoms with Crippen molar-refractivity contribution < 1.29 is 14.3 Å². The Labute approximate surface area is 147 Å². The molecule has 1 aliphatic heterocycles. The fraction of sp³-hybridized carbons (Fsp3) is 0.300. The highest BCUT2D eigenvalue weighted by Crippen LogP contribution is 2.24. The van der Waals surface area contributed by atoms with E-state index in [1.54, 1.807) is 4.90 Å². The summed E-state index contributed by atoms with van der Waals surface area (Å²) in [6, 6.07) is 15.1. The SMILES string of the molecule is Cc1cccc(OCCC(=O)Nc2cccc(N3CCCC3=O)c2)c1. The monoisotopic (exact) mass is 338 g/mol. The van der Waals surface area contributed by atoms with Crippen LogP contribution >= 0.6 is 0 Å². The van der Waals surface area contributed by atoms with Gasteiger partial charge in [0.2, 0.25) is 11.8 Å². The molecule has 1 saturated heterocycles. The van der Waals surface area contributed by atoms with E-state index in [1.165, 1.54) is 0 Å². The van der Waals surface area contributed by atoms with Crippen molar-refractivity contribution in [1.29, 1.82) is 0 Å². The second kappa shape index (κ2) is 7.83. The van der Waals surface area contributed by atoms with Gasteiger partial charge >= 0.3 is 0 Å². The molecule has 1 N–H and O–H groups in total. The summed E-state index contributed by atoms with van der Waals surface area (Å²) in [6.07, 6.45) is 1.74. The van der Waals surface area contributed by atoms with E-state index in [1.807, 2.05) is 55.5 Å². The van der Waals surface area contributed by atoms with Crippen LogP contribution in [0, 0.1) is 6.92 Å². The van der Waals surface area contributed by atoms with Crippen LogP contribution in [0.15, 0.2) is 48.5 Å². The van der Waals surface area contributed by atoms with Gasteiger partial charge in [-0.05, 0) is 49.2 Å². The summed E-state index contributed by atoms with van der Waals surface area (Å²) >= 11 is 0. The molecule has 1 aliphatic rings. The molecule has 5 nitrogen and oxygen atoms in total. The summed E-state index contributed by atoms with van der Waals surface area (Å²) in [4.78, 5) is 25.7. The number of hydrogen-bond acceptors (Lipinski definition) is 3. The van der Waals surface area contributed by atoms with Crippen LogP contribution in [0.2, 0.25) is 0 Å². The van der Waals surface area contributed by atoms with Crippen LogP contribution in [0.1, 0.15) is 24.8 Å². The maximum atomic E-state index is 12.1. The molecule has 5 heteroatoms. The molecule has 0 aliphatic carbocycles. The number of nitrogens with zero attached hydrogens (tertiary/aromatic N) is 1. The molecule has 0 spiro atoms. The Hall–Kier alpha value is -2.82. The van der Waals surface area contributed by atoms with Crippen molar-refractivity contribution in [3.8, 4) is 5.75 Å². The molecule has 1 heterocycles. The number of aryl methyl sites for hydroxylation is 1. The van der Waals surface area contributed by atoms with Crippen molar-refractivity contribution in [3.63, 3.8) is 0 Å². The Morgan fingerprint density at radius 1 is 1.20 bits per heavy atom. The summed E-state index contributed by atoms with van der Waals surface area (Å²) in [5, 5.41) is 2.86. The third kappa shape index (κ3) is 4.59. The summed E-state index contributed by atoms with van der Waals surface area (Å²) < 4.78 is 5.60. The number of nitrogens with one attached hydrogen (secondary N) is 1. The highest BCUT2D eigenvalue weighted by Gasteiger charge is 2.21. The van der Waals surface area contributed by atoms with Crippen molar-refractivity contribution in [2.45, 2.75) is 26.2 Å². The maximum Gasteiger partial charge on any atom is 0.227 e. The fourth-order valence-electron chi connectivity index (χ4n) is 2.86. The Kier molecular flexibility index (Phi) is 5.33. The van der Waals surface area contributed by atoms with Gasteiger partial charge in [0.05, 0.1) is 13.0 Å². The predicted octanol–water partition coefficient (Wildman–Crippen LogP) is 3.53. The van der Waals surface area contributed by atoms with Gasteiger partial charge in [-0.3, -0.25) is 9.59 Å². The van der Waals surface area contributed by atoms with Crippen LogP contribution in [-0.4, -0.2) is 25.0 Å². The first-order valence-corrected chi connectivity index (χ1v) is 8.51. The van der Waals surface area contributed by atoms with Crippen LogP contribution in [0.4, 0.5) is 11.4 Å². The van der Waals surface area contributed by atoms with E-state index in [-0.39, 0.29) is 18.2 Å². The molecule has 0 saturated carbocycles. The van der Waals surface area contributed by atoms with Gasteiger partial charge in [-0.25, -0.2) is 0 Å². The first kappa shape index (κ1) is 17.0. The summed E-state index contributed by atoms with van der Waals surface area (Å²) in [5.74, 6) is 0.787. The molecule has 0 atom stereocenters. The first-order valence-electron chi connectivity index (χ1n) is 8.51. The molecular formula is C20H22N2O3. The van der Waals surface area contributed by atoms with Gasteiger partial charge in [0.25, 0.3) is 0 Å². The van der Waals surface area contributed by atoms with Gasteiger partial charge in [0.15, 0.2) is 0 Å². The Morgan fingerprint density at radius 3 is 2.80 bits per heavy atom. The van der Waals surface area contributed by atoms with Gasteiger partial charge in [-0.2, -0.15) is 0 Å². The largest absolute Gasteiger partial charge is 0.493 e. The molecule has 0 bridgehead atoms. The number of benzene rings is 2. The molecule has 1 fully saturated rings. The van der Waals surface area contributed by atoms with Gasteiger partial charge in [0, 0.05) is 24.3 Å². The highest BCUT2D eigenvalue weighted by atomic mass is 16.5. The second-order valence-electron chi connectivity index (χ2n) is 6.16. The normalized spacial score (nSPS) is 13.8. The number of rotatable bonds is 6. The average Bonchev–Trinajstić information content (AvgIpc) is 3.01. The fourth-order valence-corrected chi connectivity index (χ4v) is 2.86. The minimum absolute atomic E-state index is 0.113. The summed E-state index contributed by atoms with van der Waals surface area (Å²) in [5.41, 5.74) is 2.64. The number of carbonyl (C=O) groups is 2. The molecule has 0 unspecified atom stereocenters. The third-order valence-electron chi connectivity index (χ3n) is 4.10. The Balaban J connectivity index is 1.51. The summed E-state index contributed by atoms with van der Waals surface area (Å²) in [7, 11) is 0. The van der Waals surface area contributed by atoms with E-state index in [2.05, 4.69) is 5.32 Å². The zero-order valence-electron chi connectivity index (χ0n) is 14.3. The molecule has 2 amide bonds. The Morgan fingerprint density at radius 2 is 2.04 bits per heavy atom. The van der Waals surface area contributed by atoms with E-state index in [9.17, 15) is 9.59 Å². The van der Waals surface area contributed by atoms with Crippen LogP contribution < -0.4 is 15.0 Å². The van der Waals surface area contributed by atoms with Crippen molar-refractivity contribution >= 4 is 23.2 Å². The molecule has 0 aromatic heterocycles. The van der Waals surface area contributed by atoms with Crippen molar-refractivity contribution in [1.82, 2.24) is 0 Å². The van der Waals surface area contributed by atoms with Gasteiger partial charge in [-0.1, -0.05) is 18.2 Å². The molecule has 130 valence electrons. The topological polar surface area (TPSA) is 58.6 Å². The number of anilines is 2. The predicted molar refractivity (Wildman–Crippen MR) is 97.9 cm³/mol. The minimum atomic E-state index is -0.113. The van der Waals surface area contributed by atoms with Crippen LogP contribution in [-0.2, 0) is 9.59 Å². The van der Waals surface area contributed by atoms with Crippen LogP contribution in [0.3, 0.4) is 0 Å². The lowest BCUT2D eigenvalue weighted by molar-refractivity contribution is -0.117. The molecule has 25 heavy (non-hydrogen) atoms. The van der Waals surface area contributed by atoms with Gasteiger partial charge < -0.3 is 15.0 Å². The van der Waals surface area contributed by atoms with Crippen molar-refractivity contribution in [3.05, 3.63) is 54.1 Å². The molecule has 3 rings (SSSR count). The number of amides is 2. The van der Waals surface area contributed by atoms with Crippen LogP contribution in [0.25, 0.3) is 0 Å². The average molecular weight is 338 g/mol. The zero-order valence-corrected chi connectivity index (χ0v) is 14.3. The van der Waals surface area contributed by atoms with Gasteiger partial charge in [0.1, 0.15) is 5.75 Å². The number of carbonyl (C=O) groups excluding carboxylic acids is 2. The van der Waals surface area contributed by atoms with E-state index >= 15 is 0 Å². The van der Waals surface area contributed by atoms with E-state index in [4.69, 9.17) is 4.74 Å². The second-order valence-corrected chi connectivity index (χ2v) is 6.16. The van der Waals surface area contributed by atoms with Crippen molar-refractivity contribution in [2.75, 3.05) is 23.4 Å². The smallest absolute Gasteiger partial charge is 0.227 e. The van der Waals surface area contributed by atoms with Crippen molar-refractivity contribution in [2.24, 2.45) is 0 Å².